The molecule has 10 nitrogen and oxygen atoms in total. The van der Waals surface area contributed by atoms with E-state index in [1.54, 1.807) is 35.1 Å². The monoisotopic (exact) mass is 418 g/mol. The van der Waals surface area contributed by atoms with Gasteiger partial charge in [0.25, 0.3) is 0 Å². The minimum atomic E-state index is -4.28. The molecule has 11 heteroatoms. The molecule has 4 rings (SSSR count). The summed E-state index contributed by atoms with van der Waals surface area (Å²) < 4.78 is 39.8. The molecule has 1 saturated heterocycles. The lowest BCUT2D eigenvalue weighted by atomic mass is 10.2. The van der Waals surface area contributed by atoms with Gasteiger partial charge in [0, 0.05) is 32.7 Å². The number of fused-ring (bicyclic) bond motifs is 1. The first-order valence-electron chi connectivity index (χ1n) is 9.12. The van der Waals surface area contributed by atoms with Crippen molar-refractivity contribution >= 4 is 38.5 Å². The van der Waals surface area contributed by atoms with Crippen LogP contribution in [0.1, 0.15) is 5.56 Å². The van der Waals surface area contributed by atoms with Crippen LogP contribution >= 0.6 is 0 Å². The summed E-state index contributed by atoms with van der Waals surface area (Å²) in [6, 6.07) is 8.77. The number of anilines is 3. The molecule has 1 aliphatic heterocycles. The smallest absolute Gasteiger partial charge is 0.357 e. The molecule has 1 fully saturated rings. The Kier molecular flexibility index (Phi) is 5.26. The molecule has 0 atom stereocenters. The van der Waals surface area contributed by atoms with E-state index in [-0.39, 0.29) is 0 Å². The number of hydrogen-bond acceptors (Lipinski definition) is 7. The highest BCUT2D eigenvalue weighted by molar-refractivity contribution is 7.87. The first kappa shape index (κ1) is 19.4. The van der Waals surface area contributed by atoms with Crippen molar-refractivity contribution in [1.29, 1.82) is 0 Å². The summed E-state index contributed by atoms with van der Waals surface area (Å²) >= 11 is 0. The van der Waals surface area contributed by atoms with Gasteiger partial charge in [-0.15, -0.1) is 0 Å². The Balaban J connectivity index is 1.55. The Bertz CT molecular complexity index is 1110. The van der Waals surface area contributed by atoms with Crippen LogP contribution in [0, 0.1) is 0 Å². The number of nitrogens with zero attached hydrogens (tertiary/aromatic N) is 4. The Hall–Kier alpha value is -2.89. The summed E-state index contributed by atoms with van der Waals surface area (Å²) in [5.41, 5.74) is 2.96. The number of pyridine rings is 1. The molecule has 0 saturated carbocycles. The average Bonchev–Trinajstić information content (AvgIpc) is 3.08. The summed E-state index contributed by atoms with van der Waals surface area (Å²) in [6.45, 7) is 3.47. The third kappa shape index (κ3) is 4.58. The van der Waals surface area contributed by atoms with E-state index in [1.165, 1.54) is 0 Å². The molecule has 29 heavy (non-hydrogen) atoms. The maximum absolute atomic E-state index is 10.9. The number of ether oxygens (including phenoxy) is 1. The Labute approximate surface area is 168 Å². The molecule has 0 amide bonds. The zero-order valence-corrected chi connectivity index (χ0v) is 16.7. The average molecular weight is 418 g/mol. The largest absolute Gasteiger partial charge is 0.380 e. The van der Waals surface area contributed by atoms with Crippen molar-refractivity contribution in [3.63, 3.8) is 0 Å². The molecular weight excluding hydrogens is 396 g/mol. The van der Waals surface area contributed by atoms with Gasteiger partial charge in [-0.1, -0.05) is 12.1 Å². The number of aryl methyl sites for hydroxylation is 1. The molecule has 3 heterocycles. The first-order valence-corrected chi connectivity index (χ1v) is 10.6. The second-order valence-electron chi connectivity index (χ2n) is 6.76. The van der Waals surface area contributed by atoms with E-state index in [9.17, 15) is 8.42 Å². The molecule has 1 aromatic carbocycles. The molecule has 3 N–H and O–H groups in total. The van der Waals surface area contributed by atoms with Crippen LogP contribution in [0.15, 0.2) is 36.5 Å². The predicted octanol–water partition coefficient (Wildman–Crippen LogP) is 1.63. The maximum atomic E-state index is 10.9. The van der Waals surface area contributed by atoms with E-state index in [2.05, 4.69) is 15.3 Å². The van der Waals surface area contributed by atoms with Crippen molar-refractivity contribution in [2.75, 3.05) is 41.2 Å². The second kappa shape index (κ2) is 7.85. The number of benzene rings is 1. The van der Waals surface area contributed by atoms with Gasteiger partial charge in [-0.05, 0) is 17.7 Å². The molecule has 0 aliphatic carbocycles. The number of hydrogen-bond donors (Lipinski definition) is 3. The number of nitrogens with one attached hydrogen (secondary N) is 2. The number of morpholine rings is 1. The van der Waals surface area contributed by atoms with E-state index in [1.807, 2.05) is 17.8 Å². The van der Waals surface area contributed by atoms with Crippen molar-refractivity contribution in [2.45, 2.75) is 6.54 Å². The van der Waals surface area contributed by atoms with E-state index in [0.717, 1.165) is 41.2 Å². The van der Waals surface area contributed by atoms with Gasteiger partial charge in [0.2, 0.25) is 0 Å². The molecule has 0 spiro atoms. The van der Waals surface area contributed by atoms with Gasteiger partial charge in [-0.2, -0.15) is 13.5 Å². The SMILES string of the molecule is Cn1ncc2c(NCc3ccc(NS(=O)(=O)O)cc3)cc(N3CCOCC3)nc21. The predicted molar refractivity (Wildman–Crippen MR) is 110 cm³/mol. The fraction of sp³-hybridized carbons (Fsp3) is 0.333. The van der Waals surface area contributed by atoms with Crippen LogP contribution < -0.4 is 14.9 Å². The molecule has 0 bridgehead atoms. The van der Waals surface area contributed by atoms with Crippen molar-refractivity contribution in [2.24, 2.45) is 7.05 Å². The summed E-state index contributed by atoms with van der Waals surface area (Å²) in [5.74, 6) is 0.875. The van der Waals surface area contributed by atoms with Gasteiger partial charge in [0.15, 0.2) is 5.65 Å². The minimum absolute atomic E-state index is 0.296. The highest BCUT2D eigenvalue weighted by Gasteiger charge is 2.17. The van der Waals surface area contributed by atoms with E-state index < -0.39 is 10.3 Å². The third-order valence-electron chi connectivity index (χ3n) is 4.71. The Morgan fingerprint density at radius 3 is 2.62 bits per heavy atom. The zero-order chi connectivity index (χ0) is 20.4. The van der Waals surface area contributed by atoms with E-state index in [4.69, 9.17) is 14.3 Å². The molecule has 0 radical (unpaired) electrons. The van der Waals surface area contributed by atoms with Crippen molar-refractivity contribution in [3.8, 4) is 0 Å². The van der Waals surface area contributed by atoms with Gasteiger partial charge in [-0.3, -0.25) is 14.0 Å². The van der Waals surface area contributed by atoms with Crippen LogP contribution in [0.25, 0.3) is 11.0 Å². The first-order chi connectivity index (χ1) is 13.9. The van der Waals surface area contributed by atoms with Crippen LogP contribution in [0.5, 0.6) is 0 Å². The Morgan fingerprint density at radius 2 is 1.93 bits per heavy atom. The lowest BCUT2D eigenvalue weighted by Crippen LogP contribution is -2.36. The fourth-order valence-electron chi connectivity index (χ4n) is 3.24. The standard InChI is InChI=1S/C18H22N6O4S/c1-23-18-15(12-20-23)16(10-17(21-18)24-6-8-28-9-7-24)19-11-13-2-4-14(5-3-13)22-29(25,26)27/h2-5,10,12,22H,6-9,11H2,1H3,(H,19,21)(H,25,26,27). The lowest BCUT2D eigenvalue weighted by molar-refractivity contribution is 0.122. The van der Waals surface area contributed by atoms with Crippen LogP contribution in [-0.2, 0) is 28.6 Å². The van der Waals surface area contributed by atoms with Crippen molar-refractivity contribution < 1.29 is 17.7 Å². The quantitative estimate of drug-likeness (QED) is 0.517. The molecule has 2 aromatic heterocycles. The zero-order valence-electron chi connectivity index (χ0n) is 15.9. The van der Waals surface area contributed by atoms with Crippen LogP contribution in [0.2, 0.25) is 0 Å². The van der Waals surface area contributed by atoms with Gasteiger partial charge in [-0.25, -0.2) is 4.98 Å². The second-order valence-corrected chi connectivity index (χ2v) is 7.91. The van der Waals surface area contributed by atoms with Gasteiger partial charge in [0.05, 0.1) is 36.2 Å². The highest BCUT2D eigenvalue weighted by atomic mass is 32.2. The maximum Gasteiger partial charge on any atom is 0.357 e. The summed E-state index contributed by atoms with van der Waals surface area (Å²) in [5, 5.41) is 8.68. The van der Waals surface area contributed by atoms with E-state index in [0.29, 0.717) is 25.4 Å². The van der Waals surface area contributed by atoms with E-state index >= 15 is 0 Å². The molecule has 3 aromatic rings. The highest BCUT2D eigenvalue weighted by Crippen LogP contribution is 2.28. The van der Waals surface area contributed by atoms with Crippen molar-refractivity contribution in [1.82, 2.24) is 14.8 Å². The van der Waals surface area contributed by atoms with Crippen LogP contribution in [0.4, 0.5) is 17.2 Å². The lowest BCUT2D eigenvalue weighted by Gasteiger charge is -2.28. The van der Waals surface area contributed by atoms with Crippen LogP contribution in [0.3, 0.4) is 0 Å². The fourth-order valence-corrected chi connectivity index (χ4v) is 3.67. The molecule has 1 aliphatic rings. The summed E-state index contributed by atoms with van der Waals surface area (Å²) in [4.78, 5) is 6.95. The van der Waals surface area contributed by atoms with Crippen LogP contribution in [-0.4, -0.2) is 54.0 Å². The molecule has 0 unspecified atom stereocenters. The van der Waals surface area contributed by atoms with Gasteiger partial charge < -0.3 is 15.0 Å². The van der Waals surface area contributed by atoms with Gasteiger partial charge >= 0.3 is 10.3 Å². The minimum Gasteiger partial charge on any atom is -0.380 e. The Morgan fingerprint density at radius 1 is 1.21 bits per heavy atom. The number of aromatic nitrogens is 3. The third-order valence-corrected chi connectivity index (χ3v) is 5.20. The normalized spacial score (nSPS) is 14.9. The molecular formula is C18H22N6O4S. The topological polar surface area (TPSA) is 122 Å². The summed E-state index contributed by atoms with van der Waals surface area (Å²) in [6.07, 6.45) is 1.78. The van der Waals surface area contributed by atoms with Crippen molar-refractivity contribution in [3.05, 3.63) is 42.1 Å². The number of rotatable bonds is 6. The van der Waals surface area contributed by atoms with Gasteiger partial charge in [0.1, 0.15) is 5.82 Å². The molecule has 154 valence electrons. The summed E-state index contributed by atoms with van der Waals surface area (Å²) in [7, 11) is -2.41.